The molecule has 1 aliphatic rings. The van der Waals surface area contributed by atoms with E-state index >= 15 is 0 Å². The molecule has 1 heterocycles. The van der Waals surface area contributed by atoms with Gasteiger partial charge >= 0.3 is 12.2 Å². The molecule has 20 heavy (non-hydrogen) atoms. The number of nitrogens with zero attached hydrogens (tertiary/aromatic N) is 1. The minimum absolute atomic E-state index is 0.104. The van der Waals surface area contributed by atoms with Gasteiger partial charge in [-0.3, -0.25) is 0 Å². The van der Waals surface area contributed by atoms with Crippen LogP contribution in [0, 0.1) is 0 Å². The molecule has 1 fully saturated rings. The predicted octanol–water partition coefficient (Wildman–Crippen LogP) is 2.66. The standard InChI is InChI=1S/C13H16F3N3O/c14-13(15,16)10-5-1-2-6-11(10)18-12(20)19-7-3-4-9(19)8-17/h1-2,5-6,9H,3-4,7-8,17H2,(H,18,20). The van der Waals surface area contributed by atoms with Crippen molar-refractivity contribution in [3.05, 3.63) is 29.8 Å². The number of halogens is 3. The molecular weight excluding hydrogens is 271 g/mol. The molecule has 1 unspecified atom stereocenters. The quantitative estimate of drug-likeness (QED) is 0.878. The Morgan fingerprint density at radius 1 is 1.40 bits per heavy atom. The second kappa shape index (κ2) is 5.70. The van der Waals surface area contributed by atoms with Gasteiger partial charge in [-0.25, -0.2) is 4.79 Å². The molecule has 7 heteroatoms. The van der Waals surface area contributed by atoms with Crippen molar-refractivity contribution in [2.75, 3.05) is 18.4 Å². The topological polar surface area (TPSA) is 58.4 Å². The number of likely N-dealkylation sites (tertiary alicyclic amines) is 1. The first kappa shape index (κ1) is 14.6. The van der Waals surface area contributed by atoms with Crippen LogP contribution in [0.15, 0.2) is 24.3 Å². The van der Waals surface area contributed by atoms with E-state index in [9.17, 15) is 18.0 Å². The molecule has 1 atom stereocenters. The smallest absolute Gasteiger partial charge is 0.328 e. The highest BCUT2D eigenvalue weighted by Gasteiger charge is 2.34. The summed E-state index contributed by atoms with van der Waals surface area (Å²) in [4.78, 5) is 13.5. The van der Waals surface area contributed by atoms with E-state index in [2.05, 4.69) is 5.32 Å². The second-order valence-electron chi connectivity index (χ2n) is 4.70. The average molecular weight is 287 g/mol. The number of alkyl halides is 3. The van der Waals surface area contributed by atoms with Crippen molar-refractivity contribution in [1.82, 2.24) is 4.90 Å². The summed E-state index contributed by atoms with van der Waals surface area (Å²) in [6.45, 7) is 0.830. The molecule has 0 saturated carbocycles. The van der Waals surface area contributed by atoms with Crippen LogP contribution >= 0.6 is 0 Å². The molecule has 0 aromatic heterocycles. The number of hydrogen-bond donors (Lipinski definition) is 2. The van der Waals surface area contributed by atoms with Crippen LogP contribution in [-0.4, -0.2) is 30.1 Å². The van der Waals surface area contributed by atoms with Crippen molar-refractivity contribution in [2.24, 2.45) is 5.73 Å². The summed E-state index contributed by atoms with van der Waals surface area (Å²) < 4.78 is 38.5. The fraction of sp³-hybridized carbons (Fsp3) is 0.462. The fourth-order valence-electron chi connectivity index (χ4n) is 2.37. The molecule has 1 aromatic carbocycles. The maximum Gasteiger partial charge on any atom is 0.418 e. The van der Waals surface area contributed by atoms with E-state index in [1.54, 1.807) is 0 Å². The van der Waals surface area contributed by atoms with Crippen molar-refractivity contribution in [2.45, 2.75) is 25.1 Å². The highest BCUT2D eigenvalue weighted by Crippen LogP contribution is 2.34. The van der Waals surface area contributed by atoms with Gasteiger partial charge < -0.3 is 16.0 Å². The third kappa shape index (κ3) is 3.04. The molecule has 0 spiro atoms. The summed E-state index contributed by atoms with van der Waals surface area (Å²) in [5, 5.41) is 2.33. The van der Waals surface area contributed by atoms with Gasteiger partial charge in [0.15, 0.2) is 0 Å². The lowest BCUT2D eigenvalue weighted by Crippen LogP contribution is -2.42. The molecule has 2 rings (SSSR count). The summed E-state index contributed by atoms with van der Waals surface area (Å²) in [5.41, 5.74) is 4.47. The summed E-state index contributed by atoms with van der Waals surface area (Å²) in [7, 11) is 0. The van der Waals surface area contributed by atoms with Crippen LogP contribution in [0.5, 0.6) is 0 Å². The van der Waals surface area contributed by atoms with Gasteiger partial charge in [-0.15, -0.1) is 0 Å². The van der Waals surface area contributed by atoms with Crippen molar-refractivity contribution >= 4 is 11.7 Å². The highest BCUT2D eigenvalue weighted by atomic mass is 19.4. The van der Waals surface area contributed by atoms with Crippen molar-refractivity contribution < 1.29 is 18.0 Å². The molecule has 1 saturated heterocycles. The largest absolute Gasteiger partial charge is 0.418 e. The maximum atomic E-state index is 12.8. The van der Waals surface area contributed by atoms with E-state index < -0.39 is 17.8 Å². The van der Waals surface area contributed by atoms with Gasteiger partial charge in [-0.2, -0.15) is 13.2 Å². The summed E-state index contributed by atoms with van der Waals surface area (Å²) >= 11 is 0. The van der Waals surface area contributed by atoms with Gasteiger partial charge in [-0.05, 0) is 25.0 Å². The Kier molecular flexibility index (Phi) is 4.17. The Hall–Kier alpha value is -1.76. The third-order valence-corrected chi connectivity index (χ3v) is 3.38. The van der Waals surface area contributed by atoms with Crippen molar-refractivity contribution in [1.29, 1.82) is 0 Å². The van der Waals surface area contributed by atoms with Crippen molar-refractivity contribution in [3.63, 3.8) is 0 Å². The Morgan fingerprint density at radius 2 is 2.10 bits per heavy atom. The molecule has 0 radical (unpaired) electrons. The minimum Gasteiger partial charge on any atom is -0.328 e. The number of amides is 2. The molecule has 1 aliphatic heterocycles. The molecular formula is C13H16F3N3O. The van der Waals surface area contributed by atoms with Crippen LogP contribution in [0.1, 0.15) is 18.4 Å². The zero-order valence-electron chi connectivity index (χ0n) is 10.8. The van der Waals surface area contributed by atoms with E-state index in [1.165, 1.54) is 23.1 Å². The summed E-state index contributed by atoms with van der Waals surface area (Å²) in [6, 6.07) is 4.29. The van der Waals surface area contributed by atoms with Gasteiger partial charge in [0, 0.05) is 19.1 Å². The lowest BCUT2D eigenvalue weighted by molar-refractivity contribution is -0.136. The van der Waals surface area contributed by atoms with Crippen LogP contribution in [0.2, 0.25) is 0 Å². The van der Waals surface area contributed by atoms with Gasteiger partial charge in [0.2, 0.25) is 0 Å². The first-order valence-corrected chi connectivity index (χ1v) is 6.37. The number of carbonyl (C=O) groups is 1. The van der Waals surface area contributed by atoms with Gasteiger partial charge in [0.25, 0.3) is 0 Å². The van der Waals surface area contributed by atoms with Crippen LogP contribution in [0.3, 0.4) is 0 Å². The van der Waals surface area contributed by atoms with E-state index in [1.807, 2.05) is 0 Å². The third-order valence-electron chi connectivity index (χ3n) is 3.38. The average Bonchev–Trinajstić information content (AvgIpc) is 2.86. The van der Waals surface area contributed by atoms with Crippen LogP contribution < -0.4 is 11.1 Å². The number of para-hydroxylation sites is 1. The molecule has 0 bridgehead atoms. The predicted molar refractivity (Wildman–Crippen MR) is 69.2 cm³/mol. The van der Waals surface area contributed by atoms with Gasteiger partial charge in [0.05, 0.1) is 11.3 Å². The van der Waals surface area contributed by atoms with E-state index in [-0.39, 0.29) is 11.7 Å². The Labute approximate surface area is 114 Å². The summed E-state index contributed by atoms with van der Waals surface area (Å²) in [6.07, 6.45) is -2.90. The van der Waals surface area contributed by atoms with Crippen molar-refractivity contribution in [3.8, 4) is 0 Å². The van der Waals surface area contributed by atoms with Crippen LogP contribution in [-0.2, 0) is 6.18 Å². The lowest BCUT2D eigenvalue weighted by atomic mass is 10.1. The zero-order chi connectivity index (χ0) is 14.8. The fourth-order valence-corrected chi connectivity index (χ4v) is 2.37. The maximum absolute atomic E-state index is 12.8. The van der Waals surface area contributed by atoms with E-state index in [0.717, 1.165) is 18.9 Å². The number of urea groups is 1. The minimum atomic E-state index is -4.50. The first-order valence-electron chi connectivity index (χ1n) is 6.37. The summed E-state index contributed by atoms with van der Waals surface area (Å²) in [5.74, 6) is 0. The molecule has 4 nitrogen and oxygen atoms in total. The number of nitrogens with one attached hydrogen (secondary N) is 1. The normalized spacial score (nSPS) is 19.2. The number of nitrogens with two attached hydrogens (primary N) is 1. The monoisotopic (exact) mass is 287 g/mol. The number of rotatable bonds is 2. The molecule has 110 valence electrons. The Bertz CT molecular complexity index is 490. The molecule has 1 aromatic rings. The lowest BCUT2D eigenvalue weighted by Gasteiger charge is -2.24. The van der Waals surface area contributed by atoms with E-state index in [4.69, 9.17) is 5.73 Å². The second-order valence-corrected chi connectivity index (χ2v) is 4.70. The molecule has 2 amide bonds. The van der Waals surface area contributed by atoms with Crippen LogP contribution in [0.4, 0.5) is 23.7 Å². The number of hydrogen-bond acceptors (Lipinski definition) is 2. The molecule has 3 N–H and O–H groups in total. The van der Waals surface area contributed by atoms with Gasteiger partial charge in [0.1, 0.15) is 0 Å². The number of carbonyl (C=O) groups excluding carboxylic acids is 1. The number of benzene rings is 1. The number of anilines is 1. The molecule has 0 aliphatic carbocycles. The SMILES string of the molecule is NCC1CCCN1C(=O)Nc1ccccc1C(F)(F)F. The van der Waals surface area contributed by atoms with E-state index in [0.29, 0.717) is 13.1 Å². The zero-order valence-corrected chi connectivity index (χ0v) is 10.8. The first-order chi connectivity index (χ1) is 9.43. The van der Waals surface area contributed by atoms with Crippen LogP contribution in [0.25, 0.3) is 0 Å². The Morgan fingerprint density at radius 3 is 2.75 bits per heavy atom. The Balaban J connectivity index is 2.16. The van der Waals surface area contributed by atoms with Gasteiger partial charge in [-0.1, -0.05) is 12.1 Å². The highest BCUT2D eigenvalue weighted by molar-refractivity contribution is 5.90.